The molecule has 6 heteroatoms. The van der Waals surface area contributed by atoms with E-state index in [2.05, 4.69) is 11.0 Å². The summed E-state index contributed by atoms with van der Waals surface area (Å²) in [5.74, 6) is 1.27. The molecule has 0 bridgehead atoms. The summed E-state index contributed by atoms with van der Waals surface area (Å²) in [6.45, 7) is 0.486. The lowest BCUT2D eigenvalue weighted by Crippen LogP contribution is -2.14. The number of primary amides is 1. The number of hydrogen-bond donors (Lipinski definition) is 1. The zero-order valence-electron chi connectivity index (χ0n) is 10.4. The number of rotatable bonds is 2. The number of halogens is 1. The topological polar surface area (TPSA) is 70.1 Å². The molecule has 0 radical (unpaired) electrons. The van der Waals surface area contributed by atoms with Crippen molar-refractivity contribution < 1.29 is 13.9 Å². The van der Waals surface area contributed by atoms with Crippen molar-refractivity contribution in [3.63, 3.8) is 0 Å². The molecule has 0 fully saturated rings. The normalized spacial score (nSPS) is 13.0. The summed E-state index contributed by atoms with van der Waals surface area (Å²) in [6, 6.07) is 4.25. The maximum Gasteiger partial charge on any atom is 0.269 e. The van der Waals surface area contributed by atoms with E-state index >= 15 is 0 Å². The summed E-state index contributed by atoms with van der Waals surface area (Å²) in [4.78, 5) is 11.4. The highest BCUT2D eigenvalue weighted by molar-refractivity contribution is 5.92. The maximum atomic E-state index is 14.0. The number of benzene rings is 1. The largest absolute Gasteiger partial charge is 0.370 e. The minimum absolute atomic E-state index is 0.100. The van der Waals surface area contributed by atoms with Gasteiger partial charge in [-0.3, -0.25) is 4.79 Å². The molecule has 1 aromatic heterocycles. The third-order valence-electron chi connectivity index (χ3n) is 3.15. The molecule has 0 atom stereocenters. The molecular weight excluding hydrogens is 261 g/mol. The van der Waals surface area contributed by atoms with Crippen molar-refractivity contribution in [2.75, 3.05) is 0 Å². The van der Waals surface area contributed by atoms with Crippen molar-refractivity contribution in [3.05, 3.63) is 46.5 Å². The number of carbonyl (C=O) groups excluding carboxylic acids is 1. The van der Waals surface area contributed by atoms with Gasteiger partial charge >= 0.3 is 0 Å². The van der Waals surface area contributed by atoms with Gasteiger partial charge in [0.15, 0.2) is 5.69 Å². The van der Waals surface area contributed by atoms with Crippen LogP contribution >= 0.6 is 0 Å². The molecule has 1 aliphatic heterocycles. The highest BCUT2D eigenvalue weighted by atomic mass is 19.1. The molecule has 0 unspecified atom stereocenters. The van der Waals surface area contributed by atoms with Crippen molar-refractivity contribution in [1.29, 1.82) is 0 Å². The number of aromatic nitrogens is 2. The summed E-state index contributed by atoms with van der Waals surface area (Å²) in [5.41, 5.74) is 7.29. The first-order chi connectivity index (χ1) is 9.61. The fourth-order valence-corrected chi connectivity index (χ4v) is 2.20. The molecule has 0 aliphatic carbocycles. The van der Waals surface area contributed by atoms with E-state index in [-0.39, 0.29) is 24.6 Å². The Hall–Kier alpha value is -2.65. The number of nitrogens with two attached hydrogens (primary N) is 1. The van der Waals surface area contributed by atoms with Crippen LogP contribution in [0.1, 0.15) is 27.3 Å². The molecule has 100 valence electrons. The van der Waals surface area contributed by atoms with E-state index in [0.717, 1.165) is 0 Å². The Morgan fingerprint density at radius 1 is 1.50 bits per heavy atom. The van der Waals surface area contributed by atoms with Crippen LogP contribution in [0, 0.1) is 18.2 Å². The molecule has 5 nitrogen and oxygen atoms in total. The molecule has 0 saturated carbocycles. The van der Waals surface area contributed by atoms with Gasteiger partial charge in [0.1, 0.15) is 11.5 Å². The Morgan fingerprint density at radius 2 is 2.30 bits per heavy atom. The fraction of sp³-hybridized carbons (Fsp3) is 0.143. The van der Waals surface area contributed by atoms with Crippen LogP contribution < -0.4 is 5.73 Å². The van der Waals surface area contributed by atoms with E-state index in [4.69, 9.17) is 16.9 Å². The number of amides is 1. The number of ether oxygens (including phenoxy) is 1. The van der Waals surface area contributed by atoms with Gasteiger partial charge in [-0.2, -0.15) is 5.10 Å². The molecule has 3 rings (SSSR count). The van der Waals surface area contributed by atoms with Gasteiger partial charge in [-0.25, -0.2) is 9.07 Å². The molecule has 1 aromatic carbocycles. The summed E-state index contributed by atoms with van der Waals surface area (Å²) in [7, 11) is 0. The van der Waals surface area contributed by atoms with Crippen LogP contribution in [-0.4, -0.2) is 15.7 Å². The average Bonchev–Trinajstić information content (AvgIpc) is 3.01. The minimum atomic E-state index is -0.668. The van der Waals surface area contributed by atoms with Crippen molar-refractivity contribution in [2.24, 2.45) is 5.73 Å². The van der Waals surface area contributed by atoms with Crippen LogP contribution in [0.5, 0.6) is 0 Å². The van der Waals surface area contributed by atoms with Crippen LogP contribution in [0.3, 0.4) is 0 Å². The van der Waals surface area contributed by atoms with Crippen LogP contribution in [0.15, 0.2) is 18.2 Å². The van der Waals surface area contributed by atoms with Gasteiger partial charge in [-0.1, -0.05) is 5.92 Å². The lowest BCUT2D eigenvalue weighted by Gasteiger charge is -2.07. The Bertz CT molecular complexity index is 759. The Labute approximate surface area is 114 Å². The van der Waals surface area contributed by atoms with Crippen LogP contribution in [-0.2, 0) is 18.0 Å². The van der Waals surface area contributed by atoms with Crippen molar-refractivity contribution in [2.45, 2.75) is 13.2 Å². The predicted molar refractivity (Wildman–Crippen MR) is 68.5 cm³/mol. The van der Waals surface area contributed by atoms with E-state index in [1.807, 2.05) is 0 Å². The van der Waals surface area contributed by atoms with Crippen LogP contribution in [0.25, 0.3) is 5.69 Å². The second kappa shape index (κ2) is 4.47. The molecule has 2 heterocycles. The number of hydrogen-bond acceptors (Lipinski definition) is 3. The summed E-state index contributed by atoms with van der Waals surface area (Å²) < 4.78 is 20.6. The number of nitrogens with zero attached hydrogens (tertiary/aromatic N) is 2. The SMILES string of the molecule is C#Cc1ccc(F)c(-n2nc(C(N)=O)c3c2COC3)c1. The van der Waals surface area contributed by atoms with E-state index < -0.39 is 11.7 Å². The molecule has 1 amide bonds. The molecular formula is C14H10FN3O2. The Balaban J connectivity index is 2.24. The van der Waals surface area contributed by atoms with Gasteiger partial charge in [0, 0.05) is 11.1 Å². The lowest BCUT2D eigenvalue weighted by atomic mass is 10.2. The van der Waals surface area contributed by atoms with Gasteiger partial charge in [-0.15, -0.1) is 6.42 Å². The van der Waals surface area contributed by atoms with E-state index in [0.29, 0.717) is 16.8 Å². The van der Waals surface area contributed by atoms with Gasteiger partial charge in [0.25, 0.3) is 5.91 Å². The van der Waals surface area contributed by atoms with Crippen LogP contribution in [0.2, 0.25) is 0 Å². The third-order valence-corrected chi connectivity index (χ3v) is 3.15. The van der Waals surface area contributed by atoms with Gasteiger partial charge in [0.05, 0.1) is 18.9 Å². The standard InChI is InChI=1S/C14H10FN3O2/c1-2-8-3-4-10(15)11(5-8)18-12-7-20-6-9(12)13(17-18)14(16)19/h1,3-5H,6-7H2,(H2,16,19). The molecule has 20 heavy (non-hydrogen) atoms. The molecule has 0 saturated heterocycles. The zero-order valence-corrected chi connectivity index (χ0v) is 10.4. The smallest absolute Gasteiger partial charge is 0.269 e. The van der Waals surface area contributed by atoms with E-state index in [9.17, 15) is 9.18 Å². The second-order valence-electron chi connectivity index (χ2n) is 4.35. The Kier molecular flexibility index (Phi) is 2.77. The minimum Gasteiger partial charge on any atom is -0.370 e. The summed E-state index contributed by atoms with van der Waals surface area (Å²) in [5, 5.41) is 4.09. The van der Waals surface area contributed by atoms with Gasteiger partial charge in [-0.05, 0) is 18.2 Å². The van der Waals surface area contributed by atoms with Crippen molar-refractivity contribution >= 4 is 5.91 Å². The zero-order chi connectivity index (χ0) is 14.3. The molecule has 1 aliphatic rings. The summed E-state index contributed by atoms with van der Waals surface area (Å²) >= 11 is 0. The predicted octanol–water partition coefficient (Wildman–Crippen LogP) is 1.12. The van der Waals surface area contributed by atoms with E-state index in [1.165, 1.54) is 22.9 Å². The quantitative estimate of drug-likeness (QED) is 0.832. The molecule has 2 N–H and O–H groups in total. The first-order valence-electron chi connectivity index (χ1n) is 5.86. The molecule has 0 spiro atoms. The van der Waals surface area contributed by atoms with Gasteiger partial charge < -0.3 is 10.5 Å². The second-order valence-corrected chi connectivity index (χ2v) is 4.35. The first kappa shape index (κ1) is 12.4. The molecule has 2 aromatic rings. The van der Waals surface area contributed by atoms with Crippen molar-refractivity contribution in [1.82, 2.24) is 9.78 Å². The maximum absolute atomic E-state index is 14.0. The third kappa shape index (κ3) is 1.76. The fourth-order valence-electron chi connectivity index (χ4n) is 2.20. The lowest BCUT2D eigenvalue weighted by molar-refractivity contribution is 0.0985. The van der Waals surface area contributed by atoms with E-state index in [1.54, 1.807) is 0 Å². The highest BCUT2D eigenvalue weighted by Gasteiger charge is 2.27. The summed E-state index contributed by atoms with van der Waals surface area (Å²) in [6.07, 6.45) is 5.31. The number of carbonyl (C=O) groups is 1. The number of terminal acetylenes is 1. The average molecular weight is 271 g/mol. The monoisotopic (exact) mass is 271 g/mol. The first-order valence-corrected chi connectivity index (χ1v) is 5.86. The number of fused-ring (bicyclic) bond motifs is 1. The Morgan fingerprint density at radius 3 is 3.00 bits per heavy atom. The van der Waals surface area contributed by atoms with Crippen LogP contribution in [0.4, 0.5) is 4.39 Å². The highest BCUT2D eigenvalue weighted by Crippen LogP contribution is 2.27. The van der Waals surface area contributed by atoms with Gasteiger partial charge in [0.2, 0.25) is 0 Å². The van der Waals surface area contributed by atoms with Crippen molar-refractivity contribution in [3.8, 4) is 18.0 Å².